The lowest BCUT2D eigenvalue weighted by atomic mass is 9.96. The second kappa shape index (κ2) is 7.76. The summed E-state index contributed by atoms with van der Waals surface area (Å²) >= 11 is 0. The maximum absolute atomic E-state index is 5.57. The zero-order chi connectivity index (χ0) is 20.3. The Hall–Kier alpha value is -4.05. The Morgan fingerprint density at radius 3 is 1.77 bits per heavy atom. The SMILES string of the molecule is COc1ccc(-c2cc(-c3ccccn3)nc(-c3ccccn3)c2)c2ccccc12. The molecule has 2 aromatic carbocycles. The fourth-order valence-electron chi connectivity index (χ4n) is 3.68. The van der Waals surface area contributed by atoms with Gasteiger partial charge >= 0.3 is 0 Å². The van der Waals surface area contributed by atoms with E-state index in [1.807, 2.05) is 54.6 Å². The number of benzene rings is 2. The third-order valence-corrected chi connectivity index (χ3v) is 5.09. The number of nitrogens with zero attached hydrogens (tertiary/aromatic N) is 3. The van der Waals surface area contributed by atoms with Crippen molar-refractivity contribution in [2.75, 3.05) is 7.11 Å². The zero-order valence-electron chi connectivity index (χ0n) is 16.5. The van der Waals surface area contributed by atoms with Crippen molar-refractivity contribution in [3.63, 3.8) is 0 Å². The molecule has 0 amide bonds. The molecule has 0 aliphatic carbocycles. The van der Waals surface area contributed by atoms with Gasteiger partial charge in [-0.2, -0.15) is 0 Å². The summed E-state index contributed by atoms with van der Waals surface area (Å²) in [5, 5.41) is 2.20. The van der Waals surface area contributed by atoms with Gasteiger partial charge in [0.2, 0.25) is 0 Å². The van der Waals surface area contributed by atoms with Gasteiger partial charge in [0.05, 0.1) is 29.9 Å². The number of rotatable bonds is 4. The standard InChI is InChI=1S/C26H19N3O/c1-30-26-13-12-19(20-8-2-3-9-21(20)26)18-16-24(22-10-4-6-14-27-22)29-25(17-18)23-11-5-7-15-28-23/h2-17H,1H3. The van der Waals surface area contributed by atoms with Gasteiger partial charge in [0.25, 0.3) is 0 Å². The van der Waals surface area contributed by atoms with Crippen molar-refractivity contribution >= 4 is 10.8 Å². The number of pyridine rings is 3. The van der Waals surface area contributed by atoms with Crippen LogP contribution in [0.5, 0.6) is 5.75 Å². The molecular weight excluding hydrogens is 370 g/mol. The summed E-state index contributed by atoms with van der Waals surface area (Å²) in [7, 11) is 1.70. The van der Waals surface area contributed by atoms with Crippen LogP contribution in [-0.2, 0) is 0 Å². The first-order chi connectivity index (χ1) is 14.8. The lowest BCUT2D eigenvalue weighted by Gasteiger charge is -2.13. The minimum Gasteiger partial charge on any atom is -0.496 e. The van der Waals surface area contributed by atoms with E-state index in [1.54, 1.807) is 19.5 Å². The number of hydrogen-bond donors (Lipinski definition) is 0. The summed E-state index contributed by atoms with van der Waals surface area (Å²) < 4.78 is 5.57. The predicted octanol–water partition coefficient (Wildman–Crippen LogP) is 6.03. The Bertz CT molecular complexity index is 1260. The first kappa shape index (κ1) is 18.0. The average Bonchev–Trinajstić information content (AvgIpc) is 2.84. The highest BCUT2D eigenvalue weighted by Gasteiger charge is 2.13. The topological polar surface area (TPSA) is 47.9 Å². The van der Waals surface area contributed by atoms with E-state index in [1.165, 1.54) is 0 Å². The molecule has 0 atom stereocenters. The van der Waals surface area contributed by atoms with Crippen LogP contribution in [0.4, 0.5) is 0 Å². The van der Waals surface area contributed by atoms with Crippen LogP contribution in [0.15, 0.2) is 97.3 Å². The summed E-state index contributed by atoms with van der Waals surface area (Å²) in [6, 6.07) is 28.3. The molecule has 30 heavy (non-hydrogen) atoms. The molecule has 4 heteroatoms. The van der Waals surface area contributed by atoms with Crippen molar-refractivity contribution in [3.05, 3.63) is 97.3 Å². The Balaban J connectivity index is 1.78. The molecule has 5 rings (SSSR count). The fraction of sp³-hybridized carbons (Fsp3) is 0.0385. The molecule has 0 aliphatic heterocycles. The van der Waals surface area contributed by atoms with Gasteiger partial charge in [0, 0.05) is 17.8 Å². The minimum absolute atomic E-state index is 0.814. The van der Waals surface area contributed by atoms with Gasteiger partial charge < -0.3 is 4.74 Å². The lowest BCUT2D eigenvalue weighted by Crippen LogP contribution is -1.94. The molecule has 0 spiro atoms. The normalized spacial score (nSPS) is 10.8. The van der Waals surface area contributed by atoms with E-state index in [-0.39, 0.29) is 0 Å². The second-order valence-electron chi connectivity index (χ2n) is 6.92. The molecule has 5 aromatic rings. The summed E-state index contributed by atoms with van der Waals surface area (Å²) in [4.78, 5) is 13.9. The van der Waals surface area contributed by atoms with E-state index in [0.717, 1.165) is 50.4 Å². The Morgan fingerprint density at radius 1 is 0.600 bits per heavy atom. The molecule has 3 aromatic heterocycles. The molecular formula is C26H19N3O. The molecule has 0 N–H and O–H groups in total. The van der Waals surface area contributed by atoms with Gasteiger partial charge in [-0.1, -0.05) is 42.5 Å². The highest BCUT2D eigenvalue weighted by molar-refractivity contribution is 6.00. The molecule has 0 radical (unpaired) electrons. The third kappa shape index (κ3) is 3.29. The first-order valence-corrected chi connectivity index (χ1v) is 9.74. The molecule has 0 fully saturated rings. The minimum atomic E-state index is 0.814. The van der Waals surface area contributed by atoms with Crippen molar-refractivity contribution in [3.8, 4) is 39.7 Å². The first-order valence-electron chi connectivity index (χ1n) is 9.74. The van der Waals surface area contributed by atoms with Crippen molar-refractivity contribution in [2.45, 2.75) is 0 Å². The summed E-state index contributed by atoms with van der Waals surface area (Å²) in [5.41, 5.74) is 5.46. The smallest absolute Gasteiger partial charge is 0.126 e. The summed E-state index contributed by atoms with van der Waals surface area (Å²) in [6.45, 7) is 0. The fourth-order valence-corrected chi connectivity index (χ4v) is 3.68. The van der Waals surface area contributed by atoms with Crippen LogP contribution in [0.25, 0.3) is 44.7 Å². The van der Waals surface area contributed by atoms with Gasteiger partial charge in [0.15, 0.2) is 0 Å². The molecule has 0 unspecified atom stereocenters. The van der Waals surface area contributed by atoms with E-state index in [2.05, 4.69) is 40.3 Å². The quantitative estimate of drug-likeness (QED) is 0.376. The van der Waals surface area contributed by atoms with E-state index in [0.29, 0.717) is 0 Å². The highest BCUT2D eigenvalue weighted by Crippen LogP contribution is 2.36. The number of aromatic nitrogens is 3. The Kier molecular flexibility index (Phi) is 4.66. The molecule has 0 aliphatic rings. The van der Waals surface area contributed by atoms with Crippen LogP contribution in [0.1, 0.15) is 0 Å². The Labute approximate surface area is 174 Å². The molecule has 0 bridgehead atoms. The van der Waals surface area contributed by atoms with Crippen LogP contribution >= 0.6 is 0 Å². The predicted molar refractivity (Wildman–Crippen MR) is 120 cm³/mol. The van der Waals surface area contributed by atoms with Crippen LogP contribution in [0, 0.1) is 0 Å². The van der Waals surface area contributed by atoms with Gasteiger partial charge in [0.1, 0.15) is 5.75 Å². The van der Waals surface area contributed by atoms with Gasteiger partial charge in [-0.15, -0.1) is 0 Å². The number of methoxy groups -OCH3 is 1. The summed E-state index contributed by atoms with van der Waals surface area (Å²) in [6.07, 6.45) is 3.57. The monoisotopic (exact) mass is 389 g/mol. The maximum Gasteiger partial charge on any atom is 0.126 e. The van der Waals surface area contributed by atoms with Crippen molar-refractivity contribution in [2.24, 2.45) is 0 Å². The molecule has 0 saturated heterocycles. The van der Waals surface area contributed by atoms with Crippen molar-refractivity contribution in [1.82, 2.24) is 15.0 Å². The lowest BCUT2D eigenvalue weighted by molar-refractivity contribution is 0.420. The molecule has 4 nitrogen and oxygen atoms in total. The highest BCUT2D eigenvalue weighted by atomic mass is 16.5. The van der Waals surface area contributed by atoms with Crippen LogP contribution < -0.4 is 4.74 Å². The van der Waals surface area contributed by atoms with Gasteiger partial charge in [-0.25, -0.2) is 4.98 Å². The Morgan fingerprint density at radius 2 is 1.20 bits per heavy atom. The average molecular weight is 389 g/mol. The summed E-state index contributed by atoms with van der Waals surface area (Å²) in [5.74, 6) is 0.860. The van der Waals surface area contributed by atoms with E-state index in [4.69, 9.17) is 9.72 Å². The van der Waals surface area contributed by atoms with Crippen molar-refractivity contribution < 1.29 is 4.74 Å². The van der Waals surface area contributed by atoms with E-state index < -0.39 is 0 Å². The maximum atomic E-state index is 5.57. The van der Waals surface area contributed by atoms with Crippen LogP contribution in [0.3, 0.4) is 0 Å². The second-order valence-corrected chi connectivity index (χ2v) is 6.92. The van der Waals surface area contributed by atoms with Crippen LogP contribution in [0.2, 0.25) is 0 Å². The third-order valence-electron chi connectivity index (χ3n) is 5.09. The van der Waals surface area contributed by atoms with E-state index >= 15 is 0 Å². The van der Waals surface area contributed by atoms with Gasteiger partial charge in [-0.3, -0.25) is 9.97 Å². The van der Waals surface area contributed by atoms with Crippen LogP contribution in [-0.4, -0.2) is 22.1 Å². The number of hydrogen-bond acceptors (Lipinski definition) is 4. The molecule has 3 heterocycles. The molecule has 0 saturated carbocycles. The number of ether oxygens (including phenoxy) is 1. The molecule has 144 valence electrons. The van der Waals surface area contributed by atoms with Gasteiger partial charge in [-0.05, 0) is 59.0 Å². The zero-order valence-corrected chi connectivity index (χ0v) is 16.5. The van der Waals surface area contributed by atoms with Crippen molar-refractivity contribution in [1.29, 1.82) is 0 Å². The largest absolute Gasteiger partial charge is 0.496 e. The van der Waals surface area contributed by atoms with E-state index in [9.17, 15) is 0 Å². The number of fused-ring (bicyclic) bond motifs is 1.